The molecule has 1 saturated heterocycles. The minimum atomic E-state index is -1.03. The predicted octanol–water partition coefficient (Wildman–Crippen LogP) is 4.59. The summed E-state index contributed by atoms with van der Waals surface area (Å²) in [5.74, 6) is -1.54. The zero-order valence-electron chi connectivity index (χ0n) is 17.6. The largest absolute Gasteiger partial charge is 0.348 e. The van der Waals surface area contributed by atoms with Gasteiger partial charge < -0.3 is 10.6 Å². The van der Waals surface area contributed by atoms with Crippen molar-refractivity contribution in [1.29, 1.82) is 0 Å². The van der Waals surface area contributed by atoms with Gasteiger partial charge in [0.25, 0.3) is 5.91 Å². The second-order valence-corrected chi connectivity index (χ2v) is 10.2. The molecule has 31 heavy (non-hydrogen) atoms. The van der Waals surface area contributed by atoms with Gasteiger partial charge in [-0.2, -0.15) is 0 Å². The number of urea groups is 1. The molecule has 1 aromatic carbocycles. The summed E-state index contributed by atoms with van der Waals surface area (Å²) in [6.45, 7) is 2.04. The predicted molar refractivity (Wildman–Crippen MR) is 115 cm³/mol. The van der Waals surface area contributed by atoms with Gasteiger partial charge in [-0.3, -0.25) is 14.5 Å². The van der Waals surface area contributed by atoms with Crippen LogP contribution in [0.2, 0.25) is 10.0 Å². The number of imide groups is 1. The van der Waals surface area contributed by atoms with Gasteiger partial charge in [-0.25, -0.2) is 9.18 Å². The van der Waals surface area contributed by atoms with E-state index in [0.717, 1.165) is 30.6 Å². The summed E-state index contributed by atoms with van der Waals surface area (Å²) in [5, 5.41) is 6.15. The summed E-state index contributed by atoms with van der Waals surface area (Å²) in [7, 11) is 1.43. The lowest BCUT2D eigenvalue weighted by Crippen LogP contribution is -2.46. The molecule has 1 heterocycles. The molecule has 3 aliphatic rings. The molecule has 2 saturated carbocycles. The molecule has 9 heteroatoms. The van der Waals surface area contributed by atoms with Crippen molar-refractivity contribution >= 4 is 41.0 Å². The Bertz CT molecular complexity index is 950. The van der Waals surface area contributed by atoms with Gasteiger partial charge in [-0.1, -0.05) is 43.0 Å². The lowest BCUT2D eigenvalue weighted by Gasteiger charge is -2.36. The SMILES string of the molecule is CN1C(=O)NC2(CCC(C(=O)N[C@H](c3c(F)ccc(Cl)c3Cl)C3(C)CCCC3)C2)C1=O. The van der Waals surface area contributed by atoms with Crippen LogP contribution in [0.3, 0.4) is 0 Å². The number of likely N-dealkylation sites (N-methyl/N-ethyl adjacent to an activating group) is 1. The summed E-state index contributed by atoms with van der Waals surface area (Å²) in [6, 6.07) is 1.59. The van der Waals surface area contributed by atoms with Crippen molar-refractivity contribution in [2.45, 2.75) is 63.5 Å². The minimum absolute atomic E-state index is 0.114. The van der Waals surface area contributed by atoms with Gasteiger partial charge >= 0.3 is 6.03 Å². The zero-order valence-corrected chi connectivity index (χ0v) is 19.1. The molecule has 4 rings (SSSR count). The van der Waals surface area contributed by atoms with Crippen LogP contribution in [0.5, 0.6) is 0 Å². The van der Waals surface area contributed by atoms with Crippen LogP contribution >= 0.6 is 23.2 Å². The number of benzene rings is 1. The molecule has 4 amide bonds. The fourth-order valence-corrected chi connectivity index (χ4v) is 5.89. The number of carbonyl (C=O) groups is 3. The third kappa shape index (κ3) is 3.69. The van der Waals surface area contributed by atoms with Crippen LogP contribution < -0.4 is 10.6 Å². The van der Waals surface area contributed by atoms with Crippen LogP contribution in [0, 0.1) is 17.2 Å². The standard InChI is InChI=1S/C22H26Cl2FN3O3/c1-21(8-3-4-9-21)17(15-14(25)6-5-13(23)16(15)24)26-18(29)12-7-10-22(11-12)19(30)28(2)20(31)27-22/h5-6,12,17H,3-4,7-11H2,1-2H3,(H,26,29)(H,27,31)/t12?,17-,22?/m1/s1. The maximum absolute atomic E-state index is 14.9. The van der Waals surface area contributed by atoms with Gasteiger partial charge in [0.05, 0.1) is 16.1 Å². The van der Waals surface area contributed by atoms with Gasteiger partial charge in [0.2, 0.25) is 5.91 Å². The second-order valence-electron chi connectivity index (χ2n) is 9.38. The lowest BCUT2D eigenvalue weighted by molar-refractivity contribution is -0.130. The smallest absolute Gasteiger partial charge is 0.324 e. The van der Waals surface area contributed by atoms with Crippen LogP contribution in [-0.4, -0.2) is 35.3 Å². The molecule has 3 atom stereocenters. The quantitative estimate of drug-likeness (QED) is 0.499. The Labute approximate surface area is 190 Å². The maximum atomic E-state index is 14.9. The molecule has 2 N–H and O–H groups in total. The summed E-state index contributed by atoms with van der Waals surface area (Å²) in [6.07, 6.45) is 4.71. The summed E-state index contributed by atoms with van der Waals surface area (Å²) < 4.78 is 14.9. The molecule has 0 radical (unpaired) electrons. The van der Waals surface area contributed by atoms with Crippen LogP contribution in [0.1, 0.15) is 63.5 Å². The Balaban J connectivity index is 1.60. The van der Waals surface area contributed by atoms with Crippen LogP contribution in [0.15, 0.2) is 12.1 Å². The topological polar surface area (TPSA) is 78.5 Å². The van der Waals surface area contributed by atoms with E-state index in [9.17, 15) is 18.8 Å². The normalized spacial score (nSPS) is 28.3. The number of carbonyl (C=O) groups excluding carboxylic acids is 3. The first-order chi connectivity index (χ1) is 14.6. The Hall–Kier alpha value is -1.86. The first kappa shape index (κ1) is 22.3. The summed E-state index contributed by atoms with van der Waals surface area (Å²) in [5.41, 5.74) is -1.18. The third-order valence-electron chi connectivity index (χ3n) is 7.35. The van der Waals surface area contributed by atoms with Crippen molar-refractivity contribution < 1.29 is 18.8 Å². The molecule has 1 aromatic rings. The molecule has 0 bridgehead atoms. The van der Waals surface area contributed by atoms with E-state index in [2.05, 4.69) is 10.6 Å². The van der Waals surface area contributed by atoms with E-state index in [-0.39, 0.29) is 39.3 Å². The van der Waals surface area contributed by atoms with Crippen molar-refractivity contribution in [1.82, 2.24) is 15.5 Å². The molecule has 0 aromatic heterocycles. The van der Waals surface area contributed by atoms with Gasteiger partial charge in [0.15, 0.2) is 0 Å². The summed E-state index contributed by atoms with van der Waals surface area (Å²) >= 11 is 12.6. The van der Waals surface area contributed by atoms with Crippen LogP contribution in [-0.2, 0) is 9.59 Å². The van der Waals surface area contributed by atoms with Crippen molar-refractivity contribution in [3.05, 3.63) is 33.6 Å². The highest BCUT2D eigenvalue weighted by Gasteiger charge is 2.55. The Morgan fingerprint density at radius 3 is 2.55 bits per heavy atom. The van der Waals surface area contributed by atoms with E-state index in [1.807, 2.05) is 6.92 Å². The molecule has 168 valence electrons. The molecule has 1 aliphatic heterocycles. The molecule has 3 fully saturated rings. The Kier molecular flexibility index (Phi) is 5.71. The third-order valence-corrected chi connectivity index (χ3v) is 8.17. The van der Waals surface area contributed by atoms with E-state index in [4.69, 9.17) is 23.2 Å². The number of hydrogen-bond acceptors (Lipinski definition) is 3. The van der Waals surface area contributed by atoms with E-state index in [1.165, 1.54) is 19.2 Å². The van der Waals surface area contributed by atoms with Gasteiger partial charge in [-0.15, -0.1) is 0 Å². The lowest BCUT2D eigenvalue weighted by atomic mass is 9.76. The highest BCUT2D eigenvalue weighted by molar-refractivity contribution is 6.42. The maximum Gasteiger partial charge on any atom is 0.324 e. The van der Waals surface area contributed by atoms with Crippen LogP contribution in [0.25, 0.3) is 0 Å². The van der Waals surface area contributed by atoms with E-state index < -0.39 is 29.3 Å². The average molecular weight is 470 g/mol. The number of amides is 4. The molecule has 1 spiro atoms. The first-order valence-electron chi connectivity index (χ1n) is 10.6. The molecule has 2 unspecified atom stereocenters. The average Bonchev–Trinajstić information content (AvgIpc) is 3.41. The highest BCUT2D eigenvalue weighted by atomic mass is 35.5. The Morgan fingerprint density at radius 1 is 1.26 bits per heavy atom. The van der Waals surface area contributed by atoms with Gasteiger partial charge in [0, 0.05) is 18.5 Å². The monoisotopic (exact) mass is 469 g/mol. The molecule has 6 nitrogen and oxygen atoms in total. The molecule has 2 aliphatic carbocycles. The fourth-order valence-electron chi connectivity index (χ4n) is 5.47. The number of nitrogens with zero attached hydrogens (tertiary/aromatic N) is 1. The fraction of sp³-hybridized carbons (Fsp3) is 0.591. The summed E-state index contributed by atoms with van der Waals surface area (Å²) in [4.78, 5) is 38.9. The molecular weight excluding hydrogens is 444 g/mol. The first-order valence-corrected chi connectivity index (χ1v) is 11.4. The second kappa shape index (κ2) is 7.93. The number of hydrogen-bond donors (Lipinski definition) is 2. The van der Waals surface area contributed by atoms with E-state index in [1.54, 1.807) is 0 Å². The number of halogens is 3. The number of rotatable bonds is 4. The minimum Gasteiger partial charge on any atom is -0.348 e. The molecular formula is C22H26Cl2FN3O3. The highest BCUT2D eigenvalue weighted by Crippen LogP contribution is 2.50. The van der Waals surface area contributed by atoms with E-state index >= 15 is 0 Å². The number of nitrogens with one attached hydrogen (secondary N) is 2. The van der Waals surface area contributed by atoms with Gasteiger partial charge in [0.1, 0.15) is 11.4 Å². The van der Waals surface area contributed by atoms with Crippen molar-refractivity contribution in [3.63, 3.8) is 0 Å². The Morgan fingerprint density at radius 2 is 1.94 bits per heavy atom. The van der Waals surface area contributed by atoms with Crippen molar-refractivity contribution in [3.8, 4) is 0 Å². The van der Waals surface area contributed by atoms with Gasteiger partial charge in [-0.05, 0) is 49.7 Å². The van der Waals surface area contributed by atoms with Crippen LogP contribution in [0.4, 0.5) is 9.18 Å². The van der Waals surface area contributed by atoms with Crippen molar-refractivity contribution in [2.75, 3.05) is 7.05 Å². The van der Waals surface area contributed by atoms with Crippen molar-refractivity contribution in [2.24, 2.45) is 11.3 Å². The van der Waals surface area contributed by atoms with E-state index in [0.29, 0.717) is 12.8 Å². The zero-order chi connectivity index (χ0) is 22.6.